The lowest BCUT2D eigenvalue weighted by molar-refractivity contribution is 0.102. The Kier molecular flexibility index (Phi) is 5.83. The molecule has 0 aromatic heterocycles. The van der Waals surface area contributed by atoms with Gasteiger partial charge in [-0.3, -0.25) is 4.79 Å². The summed E-state index contributed by atoms with van der Waals surface area (Å²) in [5.74, 6) is 1.20. The lowest BCUT2D eigenvalue weighted by Gasteiger charge is -2.10. The molecule has 0 saturated carbocycles. The van der Waals surface area contributed by atoms with Crippen LogP contribution in [0.1, 0.15) is 29.8 Å². The van der Waals surface area contributed by atoms with Gasteiger partial charge in [-0.25, -0.2) is 0 Å². The standard InChI is InChI=1S/C18H20INO2/c1-12(2)11-22-16-8-6-15(7-9-16)20-18(21)14-5-4-13(3)17(19)10-14/h4-10,12H,11H2,1-3H3,(H,20,21). The average molecular weight is 409 g/mol. The van der Waals surface area contributed by atoms with Gasteiger partial charge in [0, 0.05) is 14.8 Å². The molecule has 1 N–H and O–H groups in total. The lowest BCUT2D eigenvalue weighted by Crippen LogP contribution is -2.12. The highest BCUT2D eigenvalue weighted by atomic mass is 127. The summed E-state index contributed by atoms with van der Waals surface area (Å²) in [4.78, 5) is 12.2. The quantitative estimate of drug-likeness (QED) is 0.715. The number of halogens is 1. The number of aryl methyl sites for hydroxylation is 1. The number of carbonyl (C=O) groups is 1. The molecule has 0 radical (unpaired) electrons. The Morgan fingerprint density at radius 3 is 2.45 bits per heavy atom. The third-order valence-electron chi connectivity index (χ3n) is 3.13. The SMILES string of the molecule is Cc1ccc(C(=O)Nc2ccc(OCC(C)C)cc2)cc1I. The minimum Gasteiger partial charge on any atom is -0.493 e. The van der Waals surface area contributed by atoms with Crippen LogP contribution in [0.3, 0.4) is 0 Å². The molecule has 0 aliphatic carbocycles. The molecule has 22 heavy (non-hydrogen) atoms. The first-order chi connectivity index (χ1) is 10.5. The molecule has 1 amide bonds. The smallest absolute Gasteiger partial charge is 0.255 e. The van der Waals surface area contributed by atoms with Gasteiger partial charge in [0.2, 0.25) is 0 Å². The Bertz CT molecular complexity index is 651. The molecule has 2 aromatic carbocycles. The maximum Gasteiger partial charge on any atom is 0.255 e. The van der Waals surface area contributed by atoms with E-state index in [0.29, 0.717) is 18.1 Å². The summed E-state index contributed by atoms with van der Waals surface area (Å²) in [7, 11) is 0. The van der Waals surface area contributed by atoms with Crippen LogP contribution in [-0.4, -0.2) is 12.5 Å². The van der Waals surface area contributed by atoms with Crippen LogP contribution in [0.15, 0.2) is 42.5 Å². The summed E-state index contributed by atoms with van der Waals surface area (Å²) >= 11 is 2.24. The highest BCUT2D eigenvalue weighted by molar-refractivity contribution is 14.1. The molecule has 0 spiro atoms. The molecular formula is C18H20INO2. The van der Waals surface area contributed by atoms with Crippen molar-refractivity contribution in [3.8, 4) is 5.75 Å². The van der Waals surface area contributed by atoms with Crippen molar-refractivity contribution in [2.75, 3.05) is 11.9 Å². The molecule has 0 fully saturated rings. The molecule has 0 aliphatic rings. The van der Waals surface area contributed by atoms with Crippen LogP contribution in [0.4, 0.5) is 5.69 Å². The highest BCUT2D eigenvalue weighted by Crippen LogP contribution is 2.18. The normalized spacial score (nSPS) is 10.6. The Balaban J connectivity index is 2.00. The van der Waals surface area contributed by atoms with Crippen molar-refractivity contribution in [1.29, 1.82) is 0 Å². The van der Waals surface area contributed by atoms with E-state index in [4.69, 9.17) is 4.74 Å². The average Bonchev–Trinajstić information content (AvgIpc) is 2.49. The van der Waals surface area contributed by atoms with Gasteiger partial charge in [-0.2, -0.15) is 0 Å². The van der Waals surface area contributed by atoms with E-state index in [1.54, 1.807) is 0 Å². The predicted molar refractivity (Wildman–Crippen MR) is 98.6 cm³/mol. The molecule has 4 heteroatoms. The summed E-state index contributed by atoms with van der Waals surface area (Å²) in [5, 5.41) is 2.90. The van der Waals surface area contributed by atoms with Crippen molar-refractivity contribution in [3.63, 3.8) is 0 Å². The fourth-order valence-corrected chi connectivity index (χ4v) is 2.35. The lowest BCUT2D eigenvalue weighted by atomic mass is 10.1. The third kappa shape index (κ3) is 4.73. The zero-order chi connectivity index (χ0) is 16.1. The molecule has 0 unspecified atom stereocenters. The van der Waals surface area contributed by atoms with Gasteiger partial charge < -0.3 is 10.1 Å². The molecule has 0 aliphatic heterocycles. The third-order valence-corrected chi connectivity index (χ3v) is 4.29. The minimum absolute atomic E-state index is 0.103. The van der Waals surface area contributed by atoms with E-state index in [9.17, 15) is 4.79 Å². The molecule has 2 aromatic rings. The summed E-state index contributed by atoms with van der Waals surface area (Å²) in [5.41, 5.74) is 2.59. The Hall–Kier alpha value is -1.56. The zero-order valence-electron chi connectivity index (χ0n) is 13.0. The summed E-state index contributed by atoms with van der Waals surface area (Å²) in [6.07, 6.45) is 0. The van der Waals surface area contributed by atoms with Crippen molar-refractivity contribution < 1.29 is 9.53 Å². The van der Waals surface area contributed by atoms with E-state index in [0.717, 1.165) is 15.0 Å². The number of ether oxygens (including phenoxy) is 1. The second kappa shape index (κ2) is 7.63. The number of amides is 1. The molecule has 0 saturated heterocycles. The Morgan fingerprint density at radius 2 is 1.86 bits per heavy atom. The first-order valence-corrected chi connectivity index (χ1v) is 8.34. The van der Waals surface area contributed by atoms with E-state index in [1.807, 2.05) is 49.4 Å². The van der Waals surface area contributed by atoms with Crippen LogP contribution in [0.25, 0.3) is 0 Å². The number of hydrogen-bond acceptors (Lipinski definition) is 2. The Labute approximate surface area is 145 Å². The van der Waals surface area contributed by atoms with Crippen LogP contribution in [0.5, 0.6) is 5.75 Å². The fraction of sp³-hybridized carbons (Fsp3) is 0.278. The molecule has 0 bridgehead atoms. The summed E-state index contributed by atoms with van der Waals surface area (Å²) in [6.45, 7) is 6.93. The van der Waals surface area contributed by atoms with Crippen LogP contribution < -0.4 is 10.1 Å². The fourth-order valence-electron chi connectivity index (χ4n) is 1.83. The molecular weight excluding hydrogens is 389 g/mol. The maximum absolute atomic E-state index is 12.2. The second-order valence-electron chi connectivity index (χ2n) is 5.65. The monoisotopic (exact) mass is 409 g/mol. The number of benzene rings is 2. The topological polar surface area (TPSA) is 38.3 Å². The number of rotatable bonds is 5. The second-order valence-corrected chi connectivity index (χ2v) is 6.81. The number of anilines is 1. The maximum atomic E-state index is 12.2. The van der Waals surface area contributed by atoms with E-state index >= 15 is 0 Å². The number of carbonyl (C=O) groups excluding carboxylic acids is 1. The first-order valence-electron chi connectivity index (χ1n) is 7.26. The zero-order valence-corrected chi connectivity index (χ0v) is 15.2. The van der Waals surface area contributed by atoms with Gasteiger partial charge in [0.15, 0.2) is 0 Å². The van der Waals surface area contributed by atoms with E-state index < -0.39 is 0 Å². The van der Waals surface area contributed by atoms with Crippen LogP contribution in [0.2, 0.25) is 0 Å². The van der Waals surface area contributed by atoms with Gasteiger partial charge in [-0.05, 0) is 77.4 Å². The van der Waals surface area contributed by atoms with E-state index in [2.05, 4.69) is 41.8 Å². The van der Waals surface area contributed by atoms with Crippen LogP contribution in [-0.2, 0) is 0 Å². The van der Waals surface area contributed by atoms with Crippen LogP contribution in [0, 0.1) is 16.4 Å². The Morgan fingerprint density at radius 1 is 1.18 bits per heavy atom. The van der Waals surface area contributed by atoms with Crippen LogP contribution >= 0.6 is 22.6 Å². The molecule has 3 nitrogen and oxygen atoms in total. The summed E-state index contributed by atoms with van der Waals surface area (Å²) in [6, 6.07) is 13.1. The van der Waals surface area contributed by atoms with Crippen molar-refractivity contribution in [2.45, 2.75) is 20.8 Å². The minimum atomic E-state index is -0.103. The predicted octanol–water partition coefficient (Wildman–Crippen LogP) is 4.89. The molecule has 0 heterocycles. The van der Waals surface area contributed by atoms with Crippen molar-refractivity contribution >= 4 is 34.2 Å². The molecule has 0 atom stereocenters. The van der Waals surface area contributed by atoms with E-state index in [-0.39, 0.29) is 5.91 Å². The van der Waals surface area contributed by atoms with Crippen molar-refractivity contribution in [1.82, 2.24) is 0 Å². The largest absolute Gasteiger partial charge is 0.493 e. The van der Waals surface area contributed by atoms with Gasteiger partial charge in [-0.15, -0.1) is 0 Å². The summed E-state index contributed by atoms with van der Waals surface area (Å²) < 4.78 is 6.71. The van der Waals surface area contributed by atoms with E-state index in [1.165, 1.54) is 5.56 Å². The van der Waals surface area contributed by atoms with Gasteiger partial charge in [0.25, 0.3) is 5.91 Å². The van der Waals surface area contributed by atoms with Gasteiger partial charge in [0.1, 0.15) is 5.75 Å². The first kappa shape index (κ1) is 16.8. The van der Waals surface area contributed by atoms with Gasteiger partial charge in [-0.1, -0.05) is 19.9 Å². The molecule has 2 rings (SSSR count). The van der Waals surface area contributed by atoms with Crippen molar-refractivity contribution in [2.24, 2.45) is 5.92 Å². The number of hydrogen-bond donors (Lipinski definition) is 1. The van der Waals surface area contributed by atoms with Gasteiger partial charge in [0.05, 0.1) is 6.61 Å². The number of nitrogens with one attached hydrogen (secondary N) is 1. The highest BCUT2D eigenvalue weighted by Gasteiger charge is 2.08. The van der Waals surface area contributed by atoms with Gasteiger partial charge >= 0.3 is 0 Å². The van der Waals surface area contributed by atoms with Crippen molar-refractivity contribution in [3.05, 3.63) is 57.2 Å². The molecule has 116 valence electrons.